The molecule has 0 saturated carbocycles. The maximum absolute atomic E-state index is 11.7. The van der Waals surface area contributed by atoms with Crippen LogP contribution in [0.2, 0.25) is 0 Å². The molecular formula is C10H16N2O5. The van der Waals surface area contributed by atoms with E-state index in [2.05, 4.69) is 10.6 Å². The summed E-state index contributed by atoms with van der Waals surface area (Å²) in [5, 5.41) is 22.5. The van der Waals surface area contributed by atoms with Crippen LogP contribution in [0.3, 0.4) is 0 Å². The second kappa shape index (κ2) is 6.19. The molecular weight excluding hydrogens is 228 g/mol. The van der Waals surface area contributed by atoms with Gasteiger partial charge in [-0.3, -0.25) is 9.59 Å². The third kappa shape index (κ3) is 4.39. The second-order valence-electron chi connectivity index (χ2n) is 4.00. The maximum atomic E-state index is 11.7. The molecule has 0 radical (unpaired) electrons. The molecule has 96 valence electrons. The highest BCUT2D eigenvalue weighted by molar-refractivity contribution is 5.89. The summed E-state index contributed by atoms with van der Waals surface area (Å²) in [5.74, 6) is -3.04. The van der Waals surface area contributed by atoms with Crippen molar-refractivity contribution in [1.82, 2.24) is 10.6 Å². The minimum absolute atomic E-state index is 0.417. The number of carboxylic acid groups (broad SMARTS) is 2. The standard InChI is InChI=1S/C10H16N2O5/c13-8(14)5-7(10(16)17)12-9(15)6-3-1-2-4-11-6/h6-7,11H,1-5H2,(H,12,15)(H,13,14)(H,16,17)/t6-,7?/m0/s1. The normalized spacial score (nSPS) is 21.5. The zero-order valence-electron chi connectivity index (χ0n) is 9.31. The molecule has 7 nitrogen and oxygen atoms in total. The fourth-order valence-corrected chi connectivity index (χ4v) is 1.72. The molecule has 1 fully saturated rings. The van der Waals surface area contributed by atoms with Crippen LogP contribution in [0.5, 0.6) is 0 Å². The minimum Gasteiger partial charge on any atom is -0.481 e. The van der Waals surface area contributed by atoms with Gasteiger partial charge in [0, 0.05) is 0 Å². The Kier molecular flexibility index (Phi) is 4.89. The number of carbonyl (C=O) groups excluding carboxylic acids is 1. The van der Waals surface area contributed by atoms with Crippen LogP contribution < -0.4 is 10.6 Å². The Morgan fingerprint density at radius 1 is 1.29 bits per heavy atom. The van der Waals surface area contributed by atoms with E-state index < -0.39 is 36.4 Å². The number of carbonyl (C=O) groups is 3. The van der Waals surface area contributed by atoms with Crippen LogP contribution >= 0.6 is 0 Å². The van der Waals surface area contributed by atoms with Crippen LogP contribution in [0.25, 0.3) is 0 Å². The molecule has 0 aliphatic carbocycles. The van der Waals surface area contributed by atoms with Gasteiger partial charge >= 0.3 is 11.9 Å². The molecule has 1 aliphatic heterocycles. The summed E-state index contributed by atoms with van der Waals surface area (Å²) in [4.78, 5) is 32.9. The lowest BCUT2D eigenvalue weighted by Gasteiger charge is -2.24. The highest BCUT2D eigenvalue weighted by Crippen LogP contribution is 2.07. The van der Waals surface area contributed by atoms with Gasteiger partial charge in [0.1, 0.15) is 6.04 Å². The van der Waals surface area contributed by atoms with Crippen molar-refractivity contribution in [3.8, 4) is 0 Å². The van der Waals surface area contributed by atoms with Crippen molar-refractivity contribution in [1.29, 1.82) is 0 Å². The SMILES string of the molecule is O=C(O)CC(NC(=O)[C@@H]1CCCCN1)C(=O)O. The molecule has 0 aromatic rings. The lowest BCUT2D eigenvalue weighted by molar-refractivity contribution is -0.147. The number of hydrogen-bond donors (Lipinski definition) is 4. The molecule has 0 spiro atoms. The Bertz CT molecular complexity index is 312. The van der Waals surface area contributed by atoms with Gasteiger partial charge in [0.15, 0.2) is 0 Å². The van der Waals surface area contributed by atoms with Gasteiger partial charge < -0.3 is 20.8 Å². The van der Waals surface area contributed by atoms with Crippen molar-refractivity contribution in [3.05, 3.63) is 0 Å². The van der Waals surface area contributed by atoms with Crippen LogP contribution in [0.15, 0.2) is 0 Å². The van der Waals surface area contributed by atoms with E-state index in [1.54, 1.807) is 0 Å². The van der Waals surface area contributed by atoms with E-state index >= 15 is 0 Å². The quantitative estimate of drug-likeness (QED) is 0.502. The molecule has 7 heteroatoms. The lowest BCUT2D eigenvalue weighted by Crippen LogP contribution is -2.52. The zero-order chi connectivity index (χ0) is 12.8. The van der Waals surface area contributed by atoms with Crippen LogP contribution in [0.4, 0.5) is 0 Å². The van der Waals surface area contributed by atoms with Gasteiger partial charge in [-0.05, 0) is 19.4 Å². The van der Waals surface area contributed by atoms with Gasteiger partial charge in [0.25, 0.3) is 0 Å². The molecule has 0 bridgehead atoms. The molecule has 17 heavy (non-hydrogen) atoms. The Morgan fingerprint density at radius 2 is 2.00 bits per heavy atom. The fraction of sp³-hybridized carbons (Fsp3) is 0.700. The Hall–Kier alpha value is -1.63. The smallest absolute Gasteiger partial charge is 0.326 e. The first-order chi connectivity index (χ1) is 8.00. The lowest BCUT2D eigenvalue weighted by atomic mass is 10.0. The average Bonchev–Trinajstić information content (AvgIpc) is 2.28. The highest BCUT2D eigenvalue weighted by Gasteiger charge is 2.27. The Labute approximate surface area is 98.2 Å². The third-order valence-electron chi connectivity index (χ3n) is 2.62. The van der Waals surface area contributed by atoms with E-state index in [-0.39, 0.29) is 0 Å². The summed E-state index contributed by atoms with van der Waals surface area (Å²) in [6.45, 7) is 0.717. The van der Waals surface area contributed by atoms with E-state index in [4.69, 9.17) is 10.2 Å². The number of rotatable bonds is 5. The van der Waals surface area contributed by atoms with E-state index in [0.717, 1.165) is 19.4 Å². The summed E-state index contributed by atoms with van der Waals surface area (Å²) in [7, 11) is 0. The highest BCUT2D eigenvalue weighted by atomic mass is 16.4. The molecule has 4 N–H and O–H groups in total. The van der Waals surface area contributed by atoms with Crippen molar-refractivity contribution < 1.29 is 24.6 Å². The van der Waals surface area contributed by atoms with Crippen LogP contribution in [-0.2, 0) is 14.4 Å². The first-order valence-electron chi connectivity index (χ1n) is 5.49. The predicted octanol–water partition coefficient (Wildman–Crippen LogP) is -0.827. The molecule has 1 aliphatic rings. The summed E-state index contributed by atoms with van der Waals surface area (Å²) in [5.41, 5.74) is 0. The number of hydrogen-bond acceptors (Lipinski definition) is 4. The topological polar surface area (TPSA) is 116 Å². The number of amides is 1. The predicted molar refractivity (Wildman–Crippen MR) is 57.5 cm³/mol. The number of aliphatic carboxylic acids is 2. The van der Waals surface area contributed by atoms with Crippen LogP contribution in [0.1, 0.15) is 25.7 Å². The summed E-state index contributed by atoms with van der Waals surface area (Å²) >= 11 is 0. The number of piperidine rings is 1. The third-order valence-corrected chi connectivity index (χ3v) is 2.62. The Morgan fingerprint density at radius 3 is 2.47 bits per heavy atom. The summed E-state index contributed by atoms with van der Waals surface area (Å²) in [6.07, 6.45) is 1.92. The first kappa shape index (κ1) is 13.4. The average molecular weight is 244 g/mol. The Balaban J connectivity index is 2.50. The van der Waals surface area contributed by atoms with Crippen molar-refractivity contribution in [2.24, 2.45) is 0 Å². The maximum Gasteiger partial charge on any atom is 0.326 e. The van der Waals surface area contributed by atoms with E-state index in [0.29, 0.717) is 6.42 Å². The van der Waals surface area contributed by atoms with Crippen molar-refractivity contribution in [3.63, 3.8) is 0 Å². The van der Waals surface area contributed by atoms with Gasteiger partial charge in [-0.2, -0.15) is 0 Å². The molecule has 1 saturated heterocycles. The molecule has 2 atom stereocenters. The molecule has 0 aromatic carbocycles. The molecule has 1 rings (SSSR count). The summed E-state index contributed by atoms with van der Waals surface area (Å²) in [6, 6.07) is -1.79. The fourth-order valence-electron chi connectivity index (χ4n) is 1.72. The van der Waals surface area contributed by atoms with Gasteiger partial charge in [-0.25, -0.2) is 4.79 Å². The van der Waals surface area contributed by atoms with Crippen molar-refractivity contribution in [2.75, 3.05) is 6.54 Å². The molecule has 0 aromatic heterocycles. The molecule has 1 amide bonds. The first-order valence-corrected chi connectivity index (χ1v) is 5.49. The van der Waals surface area contributed by atoms with Gasteiger partial charge in [0.2, 0.25) is 5.91 Å². The monoisotopic (exact) mass is 244 g/mol. The van der Waals surface area contributed by atoms with Gasteiger partial charge in [-0.1, -0.05) is 6.42 Å². The number of nitrogens with one attached hydrogen (secondary N) is 2. The summed E-state index contributed by atoms with van der Waals surface area (Å²) < 4.78 is 0. The van der Waals surface area contributed by atoms with Gasteiger partial charge in [-0.15, -0.1) is 0 Å². The molecule has 1 heterocycles. The van der Waals surface area contributed by atoms with Crippen LogP contribution in [-0.4, -0.2) is 46.7 Å². The van der Waals surface area contributed by atoms with Crippen molar-refractivity contribution in [2.45, 2.75) is 37.8 Å². The van der Waals surface area contributed by atoms with Crippen LogP contribution in [0, 0.1) is 0 Å². The number of carboxylic acids is 2. The van der Waals surface area contributed by atoms with E-state index in [1.807, 2.05) is 0 Å². The largest absolute Gasteiger partial charge is 0.481 e. The van der Waals surface area contributed by atoms with E-state index in [9.17, 15) is 14.4 Å². The van der Waals surface area contributed by atoms with Crippen molar-refractivity contribution >= 4 is 17.8 Å². The minimum atomic E-state index is -1.37. The second-order valence-corrected chi connectivity index (χ2v) is 4.00. The van der Waals surface area contributed by atoms with Gasteiger partial charge in [0.05, 0.1) is 12.5 Å². The zero-order valence-corrected chi connectivity index (χ0v) is 9.31. The molecule has 1 unspecified atom stereocenters. The van der Waals surface area contributed by atoms with E-state index in [1.165, 1.54) is 0 Å².